The van der Waals surface area contributed by atoms with Crippen LogP contribution in [0.2, 0.25) is 0 Å². The fraction of sp³-hybridized carbons (Fsp3) is 0.235. The average molecular weight is 359 g/mol. The van der Waals surface area contributed by atoms with Crippen molar-refractivity contribution in [2.24, 2.45) is 0 Å². The molecule has 0 aliphatic rings. The molecule has 0 radical (unpaired) electrons. The molecule has 0 spiro atoms. The third kappa shape index (κ3) is 3.80. The van der Waals surface area contributed by atoms with Crippen molar-refractivity contribution in [3.8, 4) is 11.5 Å². The van der Waals surface area contributed by atoms with Crippen LogP contribution in [0, 0.1) is 0 Å². The van der Waals surface area contributed by atoms with E-state index in [1.54, 1.807) is 32.4 Å². The van der Waals surface area contributed by atoms with Gasteiger partial charge >= 0.3 is 0 Å². The van der Waals surface area contributed by atoms with Crippen molar-refractivity contribution in [1.29, 1.82) is 0 Å². The zero-order valence-electron chi connectivity index (χ0n) is 13.8. The molecule has 0 fully saturated rings. The smallest absolute Gasteiger partial charge is 0.259 e. The number of ether oxygens (including phenoxy) is 2. The quantitative estimate of drug-likeness (QED) is 0.701. The third-order valence-electron chi connectivity index (χ3n) is 3.66. The molecular formula is C17H17N3O4S. The van der Waals surface area contributed by atoms with Crippen molar-refractivity contribution < 1.29 is 14.3 Å². The van der Waals surface area contributed by atoms with E-state index in [1.165, 1.54) is 17.7 Å². The number of rotatable bonds is 6. The number of nitrogens with one attached hydrogen (secondary N) is 2. The fourth-order valence-electron chi connectivity index (χ4n) is 2.43. The Kier molecular flexibility index (Phi) is 4.99. The summed E-state index contributed by atoms with van der Waals surface area (Å²) < 4.78 is 10.4. The predicted octanol–water partition coefficient (Wildman–Crippen LogP) is 1.86. The Morgan fingerprint density at radius 3 is 2.76 bits per heavy atom. The number of thiophene rings is 1. The molecule has 0 atom stereocenters. The van der Waals surface area contributed by atoms with Gasteiger partial charge in [-0.2, -0.15) is 0 Å². The standard InChI is InChI=1S/C17H17N3O4S/c1-23-13-4-3-10(5-14(13)24-2)6-15(21)18-8-11-7-12-16(22)19-9-20-17(12)25-11/h3-5,7,9H,6,8H2,1-2H3,(H,18,21)(H,19,20,22). The van der Waals surface area contributed by atoms with Gasteiger partial charge in [0.25, 0.3) is 5.56 Å². The van der Waals surface area contributed by atoms with Crippen LogP contribution in [0.3, 0.4) is 0 Å². The first-order valence-electron chi connectivity index (χ1n) is 7.54. The summed E-state index contributed by atoms with van der Waals surface area (Å²) >= 11 is 1.39. The van der Waals surface area contributed by atoms with Gasteiger partial charge in [0, 0.05) is 4.88 Å². The van der Waals surface area contributed by atoms with Gasteiger partial charge < -0.3 is 19.8 Å². The number of benzene rings is 1. The van der Waals surface area contributed by atoms with Gasteiger partial charge in [-0.3, -0.25) is 9.59 Å². The summed E-state index contributed by atoms with van der Waals surface area (Å²) in [6.07, 6.45) is 1.60. The highest BCUT2D eigenvalue weighted by molar-refractivity contribution is 7.18. The molecule has 0 bridgehead atoms. The number of methoxy groups -OCH3 is 2. The molecule has 2 aromatic heterocycles. The van der Waals surface area contributed by atoms with Crippen molar-refractivity contribution in [1.82, 2.24) is 15.3 Å². The van der Waals surface area contributed by atoms with Crippen LogP contribution < -0.4 is 20.3 Å². The highest BCUT2D eigenvalue weighted by Gasteiger charge is 2.10. The summed E-state index contributed by atoms with van der Waals surface area (Å²) in [4.78, 5) is 32.0. The Hall–Kier alpha value is -2.87. The number of carbonyl (C=O) groups excluding carboxylic acids is 1. The van der Waals surface area contributed by atoms with Crippen LogP contribution in [-0.4, -0.2) is 30.1 Å². The topological polar surface area (TPSA) is 93.3 Å². The van der Waals surface area contributed by atoms with E-state index in [0.29, 0.717) is 28.3 Å². The second kappa shape index (κ2) is 7.35. The summed E-state index contributed by atoms with van der Waals surface area (Å²) in [5, 5.41) is 3.39. The maximum absolute atomic E-state index is 12.2. The van der Waals surface area contributed by atoms with E-state index in [0.717, 1.165) is 10.4 Å². The molecular weight excluding hydrogens is 342 g/mol. The van der Waals surface area contributed by atoms with E-state index in [-0.39, 0.29) is 17.9 Å². The van der Waals surface area contributed by atoms with Gasteiger partial charge in [-0.25, -0.2) is 4.98 Å². The molecule has 1 aromatic carbocycles. The molecule has 130 valence electrons. The summed E-state index contributed by atoms with van der Waals surface area (Å²) in [6.45, 7) is 0.354. The van der Waals surface area contributed by atoms with E-state index < -0.39 is 0 Å². The number of nitrogens with zero attached hydrogens (tertiary/aromatic N) is 1. The van der Waals surface area contributed by atoms with Crippen LogP contribution in [0.15, 0.2) is 35.4 Å². The minimum absolute atomic E-state index is 0.119. The Balaban J connectivity index is 1.64. The molecule has 8 heteroatoms. The van der Waals surface area contributed by atoms with Gasteiger partial charge in [0.15, 0.2) is 11.5 Å². The lowest BCUT2D eigenvalue weighted by molar-refractivity contribution is -0.120. The van der Waals surface area contributed by atoms with Gasteiger partial charge in [-0.15, -0.1) is 11.3 Å². The number of amides is 1. The zero-order chi connectivity index (χ0) is 17.8. The van der Waals surface area contributed by atoms with Crippen molar-refractivity contribution in [2.75, 3.05) is 14.2 Å². The normalized spacial score (nSPS) is 10.6. The Morgan fingerprint density at radius 2 is 2.04 bits per heavy atom. The number of H-pyrrole nitrogens is 1. The molecule has 0 aliphatic heterocycles. The molecule has 1 amide bonds. The predicted molar refractivity (Wildman–Crippen MR) is 95.3 cm³/mol. The maximum Gasteiger partial charge on any atom is 0.259 e. The highest BCUT2D eigenvalue weighted by atomic mass is 32.1. The van der Waals surface area contributed by atoms with Crippen molar-refractivity contribution in [3.63, 3.8) is 0 Å². The van der Waals surface area contributed by atoms with Gasteiger partial charge in [0.05, 0.1) is 38.9 Å². The van der Waals surface area contributed by atoms with Crippen molar-refractivity contribution in [3.05, 3.63) is 51.4 Å². The van der Waals surface area contributed by atoms with Crippen LogP contribution >= 0.6 is 11.3 Å². The van der Waals surface area contributed by atoms with E-state index in [4.69, 9.17) is 9.47 Å². The number of aromatic amines is 1. The Morgan fingerprint density at radius 1 is 1.24 bits per heavy atom. The molecule has 7 nitrogen and oxygen atoms in total. The maximum atomic E-state index is 12.2. The second-order valence-electron chi connectivity index (χ2n) is 5.31. The lowest BCUT2D eigenvalue weighted by Crippen LogP contribution is -2.24. The highest BCUT2D eigenvalue weighted by Crippen LogP contribution is 2.27. The summed E-state index contributed by atoms with van der Waals surface area (Å²) in [5.74, 6) is 1.09. The zero-order valence-corrected chi connectivity index (χ0v) is 14.6. The third-order valence-corrected chi connectivity index (χ3v) is 4.70. The number of carbonyl (C=O) groups is 1. The van der Waals surface area contributed by atoms with Gasteiger partial charge in [0.1, 0.15) is 4.83 Å². The number of hydrogen-bond donors (Lipinski definition) is 2. The van der Waals surface area contributed by atoms with Crippen LogP contribution in [0.5, 0.6) is 11.5 Å². The first-order chi connectivity index (χ1) is 12.1. The minimum Gasteiger partial charge on any atom is -0.493 e. The number of hydrogen-bond acceptors (Lipinski definition) is 6. The van der Waals surface area contributed by atoms with Crippen LogP contribution in [0.25, 0.3) is 10.2 Å². The molecule has 25 heavy (non-hydrogen) atoms. The van der Waals surface area contributed by atoms with E-state index in [9.17, 15) is 9.59 Å². The van der Waals surface area contributed by atoms with E-state index in [1.807, 2.05) is 6.07 Å². The molecule has 0 saturated heterocycles. The molecule has 0 saturated carbocycles. The molecule has 3 aromatic rings. The lowest BCUT2D eigenvalue weighted by atomic mass is 10.1. The van der Waals surface area contributed by atoms with Crippen LogP contribution in [0.4, 0.5) is 0 Å². The SMILES string of the molecule is COc1ccc(CC(=O)NCc2cc3c(=O)[nH]cnc3s2)cc1OC. The van der Waals surface area contributed by atoms with E-state index >= 15 is 0 Å². The molecule has 2 N–H and O–H groups in total. The van der Waals surface area contributed by atoms with Gasteiger partial charge in [-0.05, 0) is 23.8 Å². The van der Waals surface area contributed by atoms with E-state index in [2.05, 4.69) is 15.3 Å². The summed E-state index contributed by atoms with van der Waals surface area (Å²) in [5.41, 5.74) is 0.647. The van der Waals surface area contributed by atoms with Gasteiger partial charge in [-0.1, -0.05) is 6.07 Å². The molecule has 0 unspecified atom stereocenters. The molecule has 3 rings (SSSR count). The van der Waals surface area contributed by atoms with Crippen LogP contribution in [-0.2, 0) is 17.8 Å². The fourth-order valence-corrected chi connectivity index (χ4v) is 3.36. The summed E-state index contributed by atoms with van der Waals surface area (Å²) in [7, 11) is 3.12. The van der Waals surface area contributed by atoms with Crippen LogP contribution in [0.1, 0.15) is 10.4 Å². The van der Waals surface area contributed by atoms with Crippen molar-refractivity contribution >= 4 is 27.5 Å². The average Bonchev–Trinajstić information content (AvgIpc) is 3.04. The largest absolute Gasteiger partial charge is 0.493 e. The first-order valence-corrected chi connectivity index (χ1v) is 8.36. The second-order valence-corrected chi connectivity index (χ2v) is 6.42. The molecule has 0 aliphatic carbocycles. The lowest BCUT2D eigenvalue weighted by Gasteiger charge is -2.09. The Labute approximate surface area is 147 Å². The summed E-state index contributed by atoms with van der Waals surface area (Å²) in [6, 6.07) is 7.12. The minimum atomic E-state index is -0.177. The number of aromatic nitrogens is 2. The monoisotopic (exact) mass is 359 g/mol. The first kappa shape index (κ1) is 17.0. The number of fused-ring (bicyclic) bond motifs is 1. The Bertz CT molecular complexity index is 964. The molecule has 2 heterocycles. The van der Waals surface area contributed by atoms with Crippen molar-refractivity contribution in [2.45, 2.75) is 13.0 Å². The van der Waals surface area contributed by atoms with Gasteiger partial charge in [0.2, 0.25) is 5.91 Å².